The van der Waals surface area contributed by atoms with Crippen molar-refractivity contribution >= 4 is 0 Å². The standard InChI is InChI=1S/C38H38O4/c1-5-25-39-34-17-9-30(10-18-34)29-38(31-11-19-35(20-12-31)40-26-6-2,32-13-21-36(22-14-32)41-27-7-3)33-15-23-37(24-16-33)42-28-8-4/h5-28H,29H2,1-4H3. The largest absolute Gasteiger partial charge is 0.465 e. The average molecular weight is 559 g/mol. The van der Waals surface area contributed by atoms with Gasteiger partial charge in [0.15, 0.2) is 0 Å². The summed E-state index contributed by atoms with van der Waals surface area (Å²) in [5.41, 5.74) is 4.03. The SMILES string of the molecule is CC=COc1ccc(CC(c2ccc(OC=CC)cc2)(c2ccc(OC=CC)cc2)c2ccc(OC=CC)cc2)cc1. The molecule has 0 fully saturated rings. The maximum atomic E-state index is 5.76. The van der Waals surface area contributed by atoms with E-state index < -0.39 is 5.41 Å². The Hall–Kier alpha value is -4.96. The first-order chi connectivity index (χ1) is 20.6. The van der Waals surface area contributed by atoms with Crippen LogP contribution in [0.15, 0.2) is 146 Å². The fourth-order valence-electron chi connectivity index (χ4n) is 4.84. The molecule has 0 radical (unpaired) electrons. The van der Waals surface area contributed by atoms with Crippen LogP contribution in [0.3, 0.4) is 0 Å². The topological polar surface area (TPSA) is 36.9 Å². The molecule has 0 heterocycles. The van der Waals surface area contributed by atoms with Crippen molar-refractivity contribution < 1.29 is 18.9 Å². The van der Waals surface area contributed by atoms with Gasteiger partial charge in [-0.15, -0.1) is 0 Å². The molecule has 0 saturated heterocycles. The van der Waals surface area contributed by atoms with E-state index in [0.29, 0.717) is 6.42 Å². The average Bonchev–Trinajstić information content (AvgIpc) is 3.05. The maximum Gasteiger partial charge on any atom is 0.126 e. The fourth-order valence-corrected chi connectivity index (χ4v) is 4.84. The second-order valence-corrected chi connectivity index (χ2v) is 9.65. The van der Waals surface area contributed by atoms with E-state index in [-0.39, 0.29) is 0 Å². The zero-order valence-corrected chi connectivity index (χ0v) is 24.7. The molecule has 0 bridgehead atoms. The quantitative estimate of drug-likeness (QED) is 0.121. The zero-order valence-electron chi connectivity index (χ0n) is 24.7. The van der Waals surface area contributed by atoms with E-state index in [9.17, 15) is 0 Å². The van der Waals surface area contributed by atoms with Gasteiger partial charge in [0, 0.05) is 5.41 Å². The van der Waals surface area contributed by atoms with Gasteiger partial charge in [0.2, 0.25) is 0 Å². The van der Waals surface area contributed by atoms with E-state index in [1.165, 1.54) is 5.56 Å². The van der Waals surface area contributed by atoms with Crippen molar-refractivity contribution in [3.8, 4) is 23.0 Å². The van der Waals surface area contributed by atoms with Crippen molar-refractivity contribution in [2.24, 2.45) is 0 Å². The normalized spacial score (nSPS) is 13.1. The van der Waals surface area contributed by atoms with Crippen molar-refractivity contribution in [1.82, 2.24) is 0 Å². The van der Waals surface area contributed by atoms with Crippen LogP contribution in [-0.2, 0) is 11.8 Å². The van der Waals surface area contributed by atoms with E-state index in [1.54, 1.807) is 25.0 Å². The summed E-state index contributed by atoms with van der Waals surface area (Å²) < 4.78 is 23.0. The summed E-state index contributed by atoms with van der Waals surface area (Å²) >= 11 is 0. The van der Waals surface area contributed by atoms with Crippen LogP contribution in [-0.4, -0.2) is 0 Å². The minimum Gasteiger partial charge on any atom is -0.465 e. The molecule has 4 aromatic carbocycles. The Morgan fingerprint density at radius 3 is 0.929 bits per heavy atom. The third kappa shape index (κ3) is 7.41. The lowest BCUT2D eigenvalue weighted by molar-refractivity contribution is 0.477. The molecule has 0 spiro atoms. The summed E-state index contributed by atoms with van der Waals surface area (Å²) in [7, 11) is 0. The molecule has 0 aliphatic rings. The van der Waals surface area contributed by atoms with E-state index in [1.807, 2.05) is 101 Å². The molecule has 0 atom stereocenters. The number of allylic oxidation sites excluding steroid dienone is 4. The highest BCUT2D eigenvalue weighted by molar-refractivity contribution is 5.55. The zero-order chi connectivity index (χ0) is 29.6. The molecular formula is C38H38O4. The molecule has 214 valence electrons. The highest BCUT2D eigenvalue weighted by Gasteiger charge is 2.37. The monoisotopic (exact) mass is 558 g/mol. The van der Waals surface area contributed by atoms with Crippen LogP contribution in [0.2, 0.25) is 0 Å². The molecule has 4 nitrogen and oxygen atoms in total. The highest BCUT2D eigenvalue weighted by atomic mass is 16.5. The molecule has 0 aromatic heterocycles. The van der Waals surface area contributed by atoms with Gasteiger partial charge in [-0.2, -0.15) is 0 Å². The van der Waals surface area contributed by atoms with Crippen molar-refractivity contribution in [3.63, 3.8) is 0 Å². The van der Waals surface area contributed by atoms with Crippen molar-refractivity contribution in [2.75, 3.05) is 0 Å². The van der Waals surface area contributed by atoms with Crippen LogP contribution in [0, 0.1) is 0 Å². The molecule has 0 unspecified atom stereocenters. The minimum absolute atomic E-state index is 0.539. The Bertz CT molecular complexity index is 1350. The smallest absolute Gasteiger partial charge is 0.126 e. The van der Waals surface area contributed by atoms with Gasteiger partial charge in [-0.1, -0.05) is 72.8 Å². The summed E-state index contributed by atoms with van der Waals surface area (Å²) in [6.07, 6.45) is 14.9. The molecule has 42 heavy (non-hydrogen) atoms. The van der Waals surface area contributed by atoms with Gasteiger partial charge in [-0.05, 0) is 105 Å². The third-order valence-corrected chi connectivity index (χ3v) is 6.79. The fraction of sp³-hybridized carbons (Fsp3) is 0.158. The summed E-state index contributed by atoms with van der Waals surface area (Å²) in [6.45, 7) is 7.73. The molecule has 0 aliphatic heterocycles. The van der Waals surface area contributed by atoms with Crippen molar-refractivity contribution in [3.05, 3.63) is 169 Å². The Kier molecular flexibility index (Phi) is 10.8. The van der Waals surface area contributed by atoms with Gasteiger partial charge in [0.25, 0.3) is 0 Å². The summed E-state index contributed by atoms with van der Waals surface area (Å²) in [5.74, 6) is 3.13. The second kappa shape index (κ2) is 15.2. The van der Waals surface area contributed by atoms with Crippen LogP contribution < -0.4 is 18.9 Å². The molecule has 4 heteroatoms. The lowest BCUT2D eigenvalue weighted by Crippen LogP contribution is -2.32. The van der Waals surface area contributed by atoms with Crippen molar-refractivity contribution in [1.29, 1.82) is 0 Å². The van der Waals surface area contributed by atoms with Crippen molar-refractivity contribution in [2.45, 2.75) is 39.5 Å². The first-order valence-electron chi connectivity index (χ1n) is 14.1. The first kappa shape index (κ1) is 30.0. The van der Waals surface area contributed by atoms with Gasteiger partial charge in [0.05, 0.1) is 25.0 Å². The van der Waals surface area contributed by atoms with Crippen LogP contribution in [0.1, 0.15) is 49.9 Å². The van der Waals surface area contributed by atoms with Gasteiger partial charge >= 0.3 is 0 Å². The number of ether oxygens (including phenoxy) is 4. The van der Waals surface area contributed by atoms with E-state index in [4.69, 9.17) is 18.9 Å². The molecular weight excluding hydrogens is 520 g/mol. The number of rotatable bonds is 13. The summed E-state index contributed by atoms with van der Waals surface area (Å²) in [5, 5.41) is 0. The molecule has 0 amide bonds. The Morgan fingerprint density at radius 2 is 0.667 bits per heavy atom. The number of hydrogen-bond donors (Lipinski definition) is 0. The van der Waals surface area contributed by atoms with Gasteiger partial charge < -0.3 is 18.9 Å². The van der Waals surface area contributed by atoms with Crippen LogP contribution in [0.25, 0.3) is 0 Å². The molecule has 0 saturated carbocycles. The lowest BCUT2D eigenvalue weighted by Gasteiger charge is -2.36. The molecule has 4 rings (SSSR count). The van der Waals surface area contributed by atoms with Gasteiger partial charge in [-0.25, -0.2) is 0 Å². The Balaban J connectivity index is 1.89. The second-order valence-electron chi connectivity index (χ2n) is 9.65. The predicted molar refractivity (Wildman–Crippen MR) is 171 cm³/mol. The van der Waals surface area contributed by atoms with E-state index in [2.05, 4.69) is 48.5 Å². The Morgan fingerprint density at radius 1 is 0.405 bits per heavy atom. The Labute approximate surface area is 249 Å². The van der Waals surface area contributed by atoms with Gasteiger partial charge in [-0.3, -0.25) is 0 Å². The third-order valence-electron chi connectivity index (χ3n) is 6.79. The van der Waals surface area contributed by atoms with Gasteiger partial charge in [0.1, 0.15) is 23.0 Å². The summed E-state index contributed by atoms with van der Waals surface area (Å²) in [4.78, 5) is 0. The molecule has 0 N–H and O–H groups in total. The first-order valence-corrected chi connectivity index (χ1v) is 14.1. The molecule has 0 aliphatic carbocycles. The van der Waals surface area contributed by atoms with Crippen LogP contribution in [0.4, 0.5) is 0 Å². The summed E-state index contributed by atoms with van der Waals surface area (Å²) in [6, 6.07) is 33.3. The maximum absolute atomic E-state index is 5.76. The van der Waals surface area contributed by atoms with Crippen LogP contribution in [0.5, 0.6) is 23.0 Å². The lowest BCUT2D eigenvalue weighted by atomic mass is 9.66. The highest BCUT2D eigenvalue weighted by Crippen LogP contribution is 2.44. The predicted octanol–water partition coefficient (Wildman–Crippen LogP) is 9.91. The van der Waals surface area contributed by atoms with E-state index >= 15 is 0 Å². The number of hydrogen-bond acceptors (Lipinski definition) is 4. The molecule has 4 aromatic rings. The minimum atomic E-state index is -0.539. The van der Waals surface area contributed by atoms with E-state index in [0.717, 1.165) is 39.7 Å². The van der Waals surface area contributed by atoms with Crippen LogP contribution >= 0.6 is 0 Å². The number of benzene rings is 4.